The van der Waals surface area contributed by atoms with E-state index in [0.29, 0.717) is 12.5 Å². The Hall–Kier alpha value is -1.82. The van der Waals surface area contributed by atoms with E-state index < -0.39 is 0 Å². The second kappa shape index (κ2) is 6.30. The van der Waals surface area contributed by atoms with E-state index in [1.165, 1.54) is 10.4 Å². The van der Waals surface area contributed by atoms with E-state index in [9.17, 15) is 4.79 Å². The van der Waals surface area contributed by atoms with E-state index in [1.807, 2.05) is 40.3 Å². The average Bonchev–Trinajstić information content (AvgIpc) is 3.16. The molecule has 2 aromatic rings. The zero-order valence-electron chi connectivity index (χ0n) is 12.2. The monoisotopic (exact) mass is 304 g/mol. The van der Waals surface area contributed by atoms with Crippen LogP contribution in [0.25, 0.3) is 0 Å². The molecule has 6 heteroatoms. The minimum Gasteiger partial charge on any atom is -0.333 e. The molecule has 2 aromatic heterocycles. The largest absolute Gasteiger partial charge is 0.333 e. The number of carbonyl (C=O) groups excluding carboxylic acids is 1. The molecule has 0 radical (unpaired) electrons. The van der Waals surface area contributed by atoms with Gasteiger partial charge in [0.15, 0.2) is 0 Å². The number of rotatable bonds is 3. The Morgan fingerprint density at radius 1 is 1.57 bits per heavy atom. The summed E-state index contributed by atoms with van der Waals surface area (Å²) in [5.41, 5.74) is 1.23. The van der Waals surface area contributed by atoms with Crippen LogP contribution in [0.1, 0.15) is 29.2 Å². The maximum Gasteiger partial charge on any atom is 0.317 e. The van der Waals surface area contributed by atoms with E-state index >= 15 is 0 Å². The number of likely N-dealkylation sites (tertiary alicyclic amines) is 1. The van der Waals surface area contributed by atoms with Gasteiger partial charge in [-0.25, -0.2) is 4.79 Å². The normalized spacial score (nSPS) is 18.7. The second-order valence-corrected chi connectivity index (χ2v) is 6.50. The molecular formula is C15H20N4OS. The van der Waals surface area contributed by atoms with E-state index in [0.717, 1.165) is 25.9 Å². The summed E-state index contributed by atoms with van der Waals surface area (Å²) in [5.74, 6) is 0.403. The fourth-order valence-electron chi connectivity index (χ4n) is 2.77. The minimum atomic E-state index is 0.0389. The molecule has 1 atom stereocenters. The molecule has 21 heavy (non-hydrogen) atoms. The van der Waals surface area contributed by atoms with Crippen LogP contribution in [0.3, 0.4) is 0 Å². The molecular weight excluding hydrogens is 284 g/mol. The molecule has 0 bridgehead atoms. The highest BCUT2D eigenvalue weighted by Gasteiger charge is 2.25. The summed E-state index contributed by atoms with van der Waals surface area (Å²) in [7, 11) is 1.93. The van der Waals surface area contributed by atoms with Crippen molar-refractivity contribution in [3.63, 3.8) is 0 Å². The van der Waals surface area contributed by atoms with Crippen molar-refractivity contribution in [3.05, 3.63) is 40.3 Å². The standard InChI is InChI=1S/C15H20N4OS/c1-18-10-13(8-17-18)12-4-2-6-19(11-12)15(20)16-9-14-5-3-7-21-14/h3,5,7-8,10,12H,2,4,6,9,11H2,1H3,(H,16,20). The molecule has 1 aliphatic heterocycles. The summed E-state index contributed by atoms with van der Waals surface area (Å²) >= 11 is 1.67. The van der Waals surface area contributed by atoms with Crippen LogP contribution in [0.4, 0.5) is 4.79 Å². The molecule has 3 heterocycles. The fraction of sp³-hybridized carbons (Fsp3) is 0.467. The van der Waals surface area contributed by atoms with Crippen molar-refractivity contribution in [2.75, 3.05) is 13.1 Å². The maximum atomic E-state index is 12.3. The number of thiophene rings is 1. The quantitative estimate of drug-likeness (QED) is 0.947. The number of nitrogens with one attached hydrogen (secondary N) is 1. The van der Waals surface area contributed by atoms with E-state index in [4.69, 9.17) is 0 Å². The van der Waals surface area contributed by atoms with Gasteiger partial charge < -0.3 is 10.2 Å². The third-order valence-electron chi connectivity index (χ3n) is 3.90. The van der Waals surface area contributed by atoms with Gasteiger partial charge in [-0.3, -0.25) is 4.68 Å². The first-order valence-electron chi connectivity index (χ1n) is 7.26. The van der Waals surface area contributed by atoms with Crippen molar-refractivity contribution in [2.24, 2.45) is 7.05 Å². The SMILES string of the molecule is Cn1cc(C2CCCN(C(=O)NCc3cccs3)C2)cn1. The lowest BCUT2D eigenvalue weighted by Crippen LogP contribution is -2.44. The molecule has 2 amide bonds. The molecule has 112 valence electrons. The first-order chi connectivity index (χ1) is 10.2. The van der Waals surface area contributed by atoms with Crippen molar-refractivity contribution in [1.82, 2.24) is 20.0 Å². The van der Waals surface area contributed by atoms with Gasteiger partial charge in [0, 0.05) is 37.1 Å². The topological polar surface area (TPSA) is 50.2 Å². The minimum absolute atomic E-state index is 0.0389. The number of hydrogen-bond donors (Lipinski definition) is 1. The zero-order valence-corrected chi connectivity index (χ0v) is 13.0. The lowest BCUT2D eigenvalue weighted by atomic mass is 9.93. The van der Waals surface area contributed by atoms with Gasteiger partial charge in [0.1, 0.15) is 0 Å². The number of aryl methyl sites for hydroxylation is 1. The number of urea groups is 1. The third kappa shape index (κ3) is 3.44. The summed E-state index contributed by atoms with van der Waals surface area (Å²) in [5, 5.41) is 9.27. The van der Waals surface area contributed by atoms with Crippen LogP contribution in [0, 0.1) is 0 Å². The number of hydrogen-bond acceptors (Lipinski definition) is 3. The van der Waals surface area contributed by atoms with Crippen molar-refractivity contribution in [2.45, 2.75) is 25.3 Å². The average molecular weight is 304 g/mol. The van der Waals surface area contributed by atoms with Gasteiger partial charge in [-0.15, -0.1) is 11.3 Å². The number of piperidine rings is 1. The van der Waals surface area contributed by atoms with E-state index in [1.54, 1.807) is 11.3 Å². The molecule has 3 rings (SSSR count). The molecule has 0 aliphatic carbocycles. The van der Waals surface area contributed by atoms with Crippen LogP contribution in [-0.2, 0) is 13.6 Å². The van der Waals surface area contributed by atoms with Gasteiger partial charge in [-0.2, -0.15) is 5.10 Å². The molecule has 1 aliphatic rings. The Kier molecular flexibility index (Phi) is 4.24. The van der Waals surface area contributed by atoms with E-state index in [-0.39, 0.29) is 6.03 Å². The predicted molar refractivity (Wildman–Crippen MR) is 83.3 cm³/mol. The first-order valence-corrected chi connectivity index (χ1v) is 8.14. The lowest BCUT2D eigenvalue weighted by molar-refractivity contribution is 0.179. The Morgan fingerprint density at radius 3 is 3.19 bits per heavy atom. The number of amides is 2. The van der Waals surface area contributed by atoms with Gasteiger partial charge in [0.25, 0.3) is 0 Å². The van der Waals surface area contributed by atoms with Crippen LogP contribution >= 0.6 is 11.3 Å². The summed E-state index contributed by atoms with van der Waals surface area (Å²) in [4.78, 5) is 15.4. The highest BCUT2D eigenvalue weighted by Crippen LogP contribution is 2.26. The Bertz CT molecular complexity index is 593. The summed E-state index contributed by atoms with van der Waals surface area (Å²) in [6.07, 6.45) is 6.14. The molecule has 5 nitrogen and oxygen atoms in total. The van der Waals surface area contributed by atoms with Crippen molar-refractivity contribution in [1.29, 1.82) is 0 Å². The molecule has 1 saturated heterocycles. The molecule has 0 spiro atoms. The van der Waals surface area contributed by atoms with Gasteiger partial charge in [0.05, 0.1) is 12.7 Å². The Labute approximate surface area is 128 Å². The number of aromatic nitrogens is 2. The van der Waals surface area contributed by atoms with Crippen molar-refractivity contribution in [3.8, 4) is 0 Å². The van der Waals surface area contributed by atoms with Crippen LogP contribution in [0.15, 0.2) is 29.9 Å². The van der Waals surface area contributed by atoms with E-state index in [2.05, 4.69) is 16.6 Å². The van der Waals surface area contributed by atoms with Crippen LogP contribution in [-0.4, -0.2) is 33.8 Å². The Morgan fingerprint density at radius 2 is 2.48 bits per heavy atom. The third-order valence-corrected chi connectivity index (χ3v) is 4.78. The predicted octanol–water partition coefficient (Wildman–Crippen LogP) is 2.57. The lowest BCUT2D eigenvalue weighted by Gasteiger charge is -2.32. The van der Waals surface area contributed by atoms with Gasteiger partial charge in [-0.05, 0) is 29.9 Å². The van der Waals surface area contributed by atoms with Crippen molar-refractivity contribution >= 4 is 17.4 Å². The number of carbonyl (C=O) groups is 1. The van der Waals surface area contributed by atoms with Crippen LogP contribution < -0.4 is 5.32 Å². The summed E-state index contributed by atoms with van der Waals surface area (Å²) in [6.45, 7) is 2.24. The second-order valence-electron chi connectivity index (χ2n) is 5.47. The zero-order chi connectivity index (χ0) is 14.7. The maximum absolute atomic E-state index is 12.3. The molecule has 0 saturated carbocycles. The van der Waals surface area contributed by atoms with Gasteiger partial charge in [0.2, 0.25) is 0 Å². The van der Waals surface area contributed by atoms with Crippen LogP contribution in [0.2, 0.25) is 0 Å². The number of nitrogens with zero attached hydrogens (tertiary/aromatic N) is 3. The molecule has 1 N–H and O–H groups in total. The molecule has 1 unspecified atom stereocenters. The smallest absolute Gasteiger partial charge is 0.317 e. The van der Waals surface area contributed by atoms with Crippen molar-refractivity contribution < 1.29 is 4.79 Å². The molecule has 1 fully saturated rings. The van der Waals surface area contributed by atoms with Gasteiger partial charge in [-0.1, -0.05) is 6.07 Å². The highest BCUT2D eigenvalue weighted by molar-refractivity contribution is 7.09. The van der Waals surface area contributed by atoms with Gasteiger partial charge >= 0.3 is 6.03 Å². The first kappa shape index (κ1) is 14.1. The Balaban J connectivity index is 1.56. The highest BCUT2D eigenvalue weighted by atomic mass is 32.1. The fourth-order valence-corrected chi connectivity index (χ4v) is 3.42. The molecule has 0 aromatic carbocycles. The van der Waals surface area contributed by atoms with Crippen LogP contribution in [0.5, 0.6) is 0 Å². The summed E-state index contributed by atoms with van der Waals surface area (Å²) < 4.78 is 1.82. The summed E-state index contributed by atoms with van der Waals surface area (Å²) in [6, 6.07) is 4.09.